The van der Waals surface area contributed by atoms with Crippen molar-refractivity contribution >= 4 is 17.9 Å². The molecule has 0 aromatic rings. The number of allylic oxidation sites excluding steroid dienone is 12. The molecule has 6 nitrogen and oxygen atoms in total. The lowest BCUT2D eigenvalue weighted by molar-refractivity contribution is -0.167. The van der Waals surface area contributed by atoms with Gasteiger partial charge in [0.05, 0.1) is 0 Å². The fourth-order valence-corrected chi connectivity index (χ4v) is 8.18. The molecule has 0 saturated carbocycles. The summed E-state index contributed by atoms with van der Waals surface area (Å²) in [6.45, 7) is 6.58. The van der Waals surface area contributed by atoms with Crippen molar-refractivity contribution in [1.29, 1.82) is 0 Å². The maximum absolute atomic E-state index is 12.9. The van der Waals surface area contributed by atoms with Gasteiger partial charge in [-0.2, -0.15) is 0 Å². The minimum atomic E-state index is -0.795. The molecular weight excluding hydrogens is 853 g/mol. The molecule has 0 amide bonds. The van der Waals surface area contributed by atoms with Gasteiger partial charge in [-0.05, 0) is 116 Å². The summed E-state index contributed by atoms with van der Waals surface area (Å²) in [6.07, 6.45) is 73.1. The third kappa shape index (κ3) is 55.6. The number of hydrogen-bond donors (Lipinski definition) is 0. The number of hydrogen-bond acceptors (Lipinski definition) is 6. The van der Waals surface area contributed by atoms with E-state index in [0.717, 1.165) is 89.9 Å². The van der Waals surface area contributed by atoms with Gasteiger partial charge in [-0.15, -0.1) is 0 Å². The third-order valence-corrected chi connectivity index (χ3v) is 12.7. The molecule has 0 aliphatic carbocycles. The Morgan fingerprint density at radius 2 is 0.522 bits per heavy atom. The van der Waals surface area contributed by atoms with E-state index in [2.05, 4.69) is 93.7 Å². The monoisotopic (exact) mass is 963 g/mol. The minimum Gasteiger partial charge on any atom is -0.462 e. The molecule has 0 radical (unpaired) electrons. The maximum Gasteiger partial charge on any atom is 0.306 e. The van der Waals surface area contributed by atoms with Crippen LogP contribution in [-0.2, 0) is 28.6 Å². The zero-order chi connectivity index (χ0) is 50.0. The van der Waals surface area contributed by atoms with Crippen LogP contribution in [0.3, 0.4) is 0 Å². The highest BCUT2D eigenvalue weighted by Crippen LogP contribution is 2.15. The zero-order valence-electron chi connectivity index (χ0n) is 45.6. The van der Waals surface area contributed by atoms with Gasteiger partial charge in [-0.3, -0.25) is 14.4 Å². The van der Waals surface area contributed by atoms with Crippen molar-refractivity contribution in [1.82, 2.24) is 0 Å². The smallest absolute Gasteiger partial charge is 0.306 e. The Balaban J connectivity index is 4.45. The lowest BCUT2D eigenvalue weighted by Crippen LogP contribution is -2.30. The predicted octanol–water partition coefficient (Wildman–Crippen LogP) is 19.8. The van der Waals surface area contributed by atoms with Gasteiger partial charge < -0.3 is 14.2 Å². The minimum absolute atomic E-state index is 0.0910. The number of carbonyl (C=O) groups is 3. The van der Waals surface area contributed by atoms with Crippen molar-refractivity contribution in [2.45, 2.75) is 297 Å². The summed E-state index contributed by atoms with van der Waals surface area (Å²) in [7, 11) is 0. The van der Waals surface area contributed by atoms with E-state index >= 15 is 0 Å². The second-order valence-corrected chi connectivity index (χ2v) is 19.5. The normalized spacial score (nSPS) is 12.6. The Labute approximate surface area is 427 Å². The van der Waals surface area contributed by atoms with E-state index in [0.29, 0.717) is 19.3 Å². The van der Waals surface area contributed by atoms with Crippen molar-refractivity contribution in [3.8, 4) is 0 Å². The number of rotatable bonds is 53. The number of esters is 3. The average molecular weight is 964 g/mol. The Morgan fingerprint density at radius 3 is 0.870 bits per heavy atom. The SMILES string of the molecule is CCCCC/C=C\C/C=C\C/C=C\C/C=C\CCCCCC(=O)OC[C@H](COC(=O)CCCCCCC/C=C\CCCCCCCC)OC(=O)CCCCCCCCC/C=C\CCCCCCCC. The molecule has 6 heteroatoms. The largest absolute Gasteiger partial charge is 0.462 e. The van der Waals surface area contributed by atoms with Gasteiger partial charge in [-0.1, -0.05) is 229 Å². The summed E-state index contributed by atoms with van der Waals surface area (Å²) in [5.74, 6) is -0.926. The zero-order valence-corrected chi connectivity index (χ0v) is 45.6. The molecule has 398 valence electrons. The predicted molar refractivity (Wildman–Crippen MR) is 298 cm³/mol. The van der Waals surface area contributed by atoms with Crippen LogP contribution in [0.4, 0.5) is 0 Å². The maximum atomic E-state index is 12.9. The lowest BCUT2D eigenvalue weighted by atomic mass is 10.1. The molecule has 0 bridgehead atoms. The highest BCUT2D eigenvalue weighted by Gasteiger charge is 2.19. The fraction of sp³-hybridized carbons (Fsp3) is 0.762. The van der Waals surface area contributed by atoms with Crippen LogP contribution in [0.2, 0.25) is 0 Å². The van der Waals surface area contributed by atoms with Crippen LogP contribution in [0.1, 0.15) is 290 Å². The molecule has 0 saturated heterocycles. The summed E-state index contributed by atoms with van der Waals surface area (Å²) in [5.41, 5.74) is 0. The molecule has 0 aliphatic rings. The first-order chi connectivity index (χ1) is 34.0. The topological polar surface area (TPSA) is 78.9 Å². The van der Waals surface area contributed by atoms with Crippen LogP contribution < -0.4 is 0 Å². The second-order valence-electron chi connectivity index (χ2n) is 19.5. The first-order valence-corrected chi connectivity index (χ1v) is 29.4. The first-order valence-electron chi connectivity index (χ1n) is 29.4. The van der Waals surface area contributed by atoms with Crippen molar-refractivity contribution in [3.05, 3.63) is 72.9 Å². The van der Waals surface area contributed by atoms with Crippen molar-refractivity contribution in [3.63, 3.8) is 0 Å². The number of ether oxygens (including phenoxy) is 3. The van der Waals surface area contributed by atoms with Gasteiger partial charge in [0.2, 0.25) is 0 Å². The average Bonchev–Trinajstić information content (AvgIpc) is 3.35. The summed E-state index contributed by atoms with van der Waals surface area (Å²) in [6, 6.07) is 0. The summed E-state index contributed by atoms with van der Waals surface area (Å²) >= 11 is 0. The van der Waals surface area contributed by atoms with Crippen molar-refractivity contribution < 1.29 is 28.6 Å². The Bertz CT molecular complexity index is 1290. The van der Waals surface area contributed by atoms with E-state index in [1.54, 1.807) is 0 Å². The molecule has 1 atom stereocenters. The molecular formula is C63H110O6. The molecule has 0 heterocycles. The van der Waals surface area contributed by atoms with Crippen LogP contribution in [-0.4, -0.2) is 37.2 Å². The number of carbonyl (C=O) groups excluding carboxylic acids is 3. The Kier molecular flexibility index (Phi) is 54.8. The molecule has 0 aromatic carbocycles. The number of unbranched alkanes of at least 4 members (excludes halogenated alkanes) is 30. The van der Waals surface area contributed by atoms with E-state index < -0.39 is 6.10 Å². The molecule has 0 rings (SSSR count). The molecule has 0 aromatic heterocycles. The molecule has 0 fully saturated rings. The van der Waals surface area contributed by atoms with Crippen LogP contribution in [0, 0.1) is 0 Å². The Morgan fingerprint density at radius 1 is 0.290 bits per heavy atom. The first kappa shape index (κ1) is 65.8. The van der Waals surface area contributed by atoms with Gasteiger partial charge in [0.15, 0.2) is 6.10 Å². The molecule has 0 N–H and O–H groups in total. The van der Waals surface area contributed by atoms with E-state index in [1.807, 2.05) is 0 Å². The summed E-state index contributed by atoms with van der Waals surface area (Å²) < 4.78 is 16.9. The van der Waals surface area contributed by atoms with Gasteiger partial charge >= 0.3 is 17.9 Å². The van der Waals surface area contributed by atoms with Crippen LogP contribution >= 0.6 is 0 Å². The van der Waals surface area contributed by atoms with E-state index in [-0.39, 0.29) is 31.1 Å². The standard InChI is InChI=1S/C63H110O6/c1-4-7-10-13-16-19-22-25-28-30-31-33-35-38-41-44-47-50-53-56-62(65)68-59-60(58-67-61(64)55-52-49-46-43-40-37-34-27-24-21-18-15-12-9-6-3)69-63(66)57-54-51-48-45-42-39-36-32-29-26-23-20-17-14-11-8-5-2/h16,19,25-29,31,33-34,38,41,60H,4-15,17-18,20-24,30,32,35-37,39-40,42-59H2,1-3H3/b19-16-,28-25-,29-26-,33-31-,34-27-,41-38-/t60-/m0/s1. The fourth-order valence-electron chi connectivity index (χ4n) is 8.18. The van der Waals surface area contributed by atoms with E-state index in [4.69, 9.17) is 14.2 Å². The molecule has 0 unspecified atom stereocenters. The molecule has 69 heavy (non-hydrogen) atoms. The van der Waals surface area contributed by atoms with E-state index in [9.17, 15) is 14.4 Å². The quantitative estimate of drug-likeness (QED) is 0.0262. The van der Waals surface area contributed by atoms with Crippen LogP contribution in [0.5, 0.6) is 0 Å². The highest BCUT2D eigenvalue weighted by molar-refractivity contribution is 5.71. The molecule has 0 aliphatic heterocycles. The van der Waals surface area contributed by atoms with Crippen molar-refractivity contribution in [2.24, 2.45) is 0 Å². The third-order valence-electron chi connectivity index (χ3n) is 12.7. The van der Waals surface area contributed by atoms with Gasteiger partial charge in [0, 0.05) is 19.3 Å². The lowest BCUT2D eigenvalue weighted by Gasteiger charge is -2.18. The molecule has 0 spiro atoms. The van der Waals surface area contributed by atoms with Crippen LogP contribution in [0.15, 0.2) is 72.9 Å². The van der Waals surface area contributed by atoms with Crippen LogP contribution in [0.25, 0.3) is 0 Å². The van der Waals surface area contributed by atoms with Crippen molar-refractivity contribution in [2.75, 3.05) is 13.2 Å². The van der Waals surface area contributed by atoms with Gasteiger partial charge in [-0.25, -0.2) is 0 Å². The Hall–Kier alpha value is -3.15. The second kappa shape index (κ2) is 57.4. The van der Waals surface area contributed by atoms with E-state index in [1.165, 1.54) is 161 Å². The van der Waals surface area contributed by atoms with Gasteiger partial charge in [0.1, 0.15) is 13.2 Å². The highest BCUT2D eigenvalue weighted by atomic mass is 16.6. The van der Waals surface area contributed by atoms with Gasteiger partial charge in [0.25, 0.3) is 0 Å². The summed E-state index contributed by atoms with van der Waals surface area (Å²) in [4.78, 5) is 38.2. The summed E-state index contributed by atoms with van der Waals surface area (Å²) in [5, 5.41) is 0.